The zero-order valence-corrected chi connectivity index (χ0v) is 20.4. The number of aromatic nitrogens is 1. The van der Waals surface area contributed by atoms with Crippen LogP contribution < -0.4 is 15.9 Å². The van der Waals surface area contributed by atoms with Crippen LogP contribution in [0, 0.1) is 0 Å². The van der Waals surface area contributed by atoms with Crippen molar-refractivity contribution in [3.05, 3.63) is 63.9 Å². The summed E-state index contributed by atoms with van der Waals surface area (Å²) >= 11 is 0. The molecular weight excluding hydrogens is 404 g/mol. The van der Waals surface area contributed by atoms with Gasteiger partial charge in [0.15, 0.2) is 0 Å². The zero-order chi connectivity index (χ0) is 23.1. The summed E-state index contributed by atoms with van der Waals surface area (Å²) in [7, 11) is -1.90. The van der Waals surface area contributed by atoms with E-state index in [1.807, 2.05) is 12.1 Å². The second-order valence-corrected chi connectivity index (χ2v) is 15.2. The molecule has 0 radical (unpaired) electrons. The first-order chi connectivity index (χ1) is 14.3. The van der Waals surface area contributed by atoms with Gasteiger partial charge in [-0.2, -0.15) is 0 Å². The highest BCUT2D eigenvalue weighted by molar-refractivity contribution is 6.91. The Labute approximate surface area is 184 Å². The van der Waals surface area contributed by atoms with Gasteiger partial charge in [-0.05, 0) is 33.8 Å². The molecule has 0 bridgehead atoms. The van der Waals surface area contributed by atoms with Crippen molar-refractivity contribution in [3.8, 4) is 5.75 Å². The number of aromatic hydroxyl groups is 1. The van der Waals surface area contributed by atoms with Crippen LogP contribution in [0.2, 0.25) is 18.6 Å². The largest absolute Gasteiger partial charge is 0.508 e. The average Bonchev–Trinajstić information content (AvgIpc) is 2.67. The molecule has 2 aromatic carbocycles. The zero-order valence-electron chi connectivity index (χ0n) is 19.4. The van der Waals surface area contributed by atoms with Gasteiger partial charge >= 0.3 is 0 Å². The van der Waals surface area contributed by atoms with Crippen LogP contribution in [0.25, 0.3) is 10.9 Å². The maximum absolute atomic E-state index is 13.1. The van der Waals surface area contributed by atoms with Gasteiger partial charge in [0.1, 0.15) is 11.3 Å². The molecule has 3 aromatic rings. The number of phenolic OH excluding ortho intramolecular Hbond substituents is 1. The van der Waals surface area contributed by atoms with Gasteiger partial charge in [-0.25, -0.2) is 0 Å². The van der Waals surface area contributed by atoms with Gasteiger partial charge in [-0.1, -0.05) is 65.9 Å². The van der Waals surface area contributed by atoms with Crippen LogP contribution in [0.1, 0.15) is 50.5 Å². The minimum atomic E-state index is -1.90. The van der Waals surface area contributed by atoms with Crippen molar-refractivity contribution in [3.63, 3.8) is 0 Å². The molecule has 0 aliphatic carbocycles. The van der Waals surface area contributed by atoms with Crippen molar-refractivity contribution in [2.75, 3.05) is 5.32 Å². The average molecular weight is 437 g/mol. The third-order valence-electron chi connectivity index (χ3n) is 6.36. The monoisotopic (exact) mass is 436 g/mol. The standard InChI is InChI=1S/C25H32N2O3Si/c1-15(2)31(6,7)22-12-18(25(3,4)5)20(13-21(22)28)27-24(30)17-14-26-19-11-9-8-10-16(19)23(17)29/h8-15,28H,1-7H3,(H,26,29)(H,27,30). The number of amides is 1. The molecule has 164 valence electrons. The number of benzene rings is 2. The van der Waals surface area contributed by atoms with Crippen molar-refractivity contribution >= 4 is 35.8 Å². The van der Waals surface area contributed by atoms with Crippen molar-refractivity contribution in [1.29, 1.82) is 0 Å². The number of carbonyl (C=O) groups is 1. The summed E-state index contributed by atoms with van der Waals surface area (Å²) in [5.74, 6) is -0.300. The van der Waals surface area contributed by atoms with Crippen molar-refractivity contribution in [2.45, 2.75) is 58.7 Å². The third kappa shape index (κ3) is 4.30. The molecule has 0 atom stereocenters. The molecule has 0 spiro atoms. The number of aromatic amines is 1. The Hall–Kier alpha value is -2.86. The predicted molar refractivity (Wildman–Crippen MR) is 132 cm³/mol. The number of fused-ring (bicyclic) bond motifs is 1. The van der Waals surface area contributed by atoms with E-state index in [-0.39, 0.29) is 22.2 Å². The fourth-order valence-electron chi connectivity index (χ4n) is 3.67. The van der Waals surface area contributed by atoms with E-state index in [2.05, 4.69) is 58.0 Å². The Kier molecular flexibility index (Phi) is 5.89. The van der Waals surface area contributed by atoms with Crippen LogP contribution in [0.5, 0.6) is 5.75 Å². The first-order valence-corrected chi connectivity index (χ1v) is 13.7. The second kappa shape index (κ2) is 8.00. The Morgan fingerprint density at radius 3 is 2.39 bits per heavy atom. The number of para-hydroxylation sites is 1. The van der Waals surface area contributed by atoms with Crippen LogP contribution in [-0.2, 0) is 5.41 Å². The Bertz CT molecular complexity index is 1200. The lowest BCUT2D eigenvalue weighted by Crippen LogP contribution is -2.45. The smallest absolute Gasteiger partial charge is 0.261 e. The van der Waals surface area contributed by atoms with E-state index in [1.54, 1.807) is 24.3 Å². The number of nitrogens with one attached hydrogen (secondary N) is 2. The lowest BCUT2D eigenvalue weighted by molar-refractivity contribution is 0.102. The first kappa shape index (κ1) is 22.8. The van der Waals surface area contributed by atoms with Gasteiger partial charge in [0.25, 0.3) is 5.91 Å². The van der Waals surface area contributed by atoms with E-state index in [1.165, 1.54) is 6.20 Å². The van der Waals surface area contributed by atoms with Crippen molar-refractivity contribution in [1.82, 2.24) is 4.98 Å². The summed E-state index contributed by atoms with van der Waals surface area (Å²) in [6.07, 6.45) is 1.44. The minimum absolute atomic E-state index is 0.0408. The van der Waals surface area contributed by atoms with Gasteiger partial charge in [0.2, 0.25) is 5.43 Å². The summed E-state index contributed by atoms with van der Waals surface area (Å²) < 4.78 is 0. The van der Waals surface area contributed by atoms with E-state index in [4.69, 9.17) is 0 Å². The SMILES string of the molecule is CC(C)[Si](C)(C)c1cc(C(C)(C)C)c(NC(=O)c2c[nH]c3ccccc3c2=O)cc1O. The van der Waals surface area contributed by atoms with Crippen molar-refractivity contribution < 1.29 is 9.90 Å². The predicted octanol–water partition coefficient (Wildman–Crippen LogP) is 5.11. The van der Waals surface area contributed by atoms with E-state index in [9.17, 15) is 14.7 Å². The molecule has 0 saturated carbocycles. The molecule has 0 saturated heterocycles. The summed E-state index contributed by atoms with van der Waals surface area (Å²) in [6.45, 7) is 15.1. The quantitative estimate of drug-likeness (QED) is 0.497. The number of pyridine rings is 1. The molecule has 31 heavy (non-hydrogen) atoms. The lowest BCUT2D eigenvalue weighted by Gasteiger charge is -2.32. The summed E-state index contributed by atoms with van der Waals surface area (Å²) in [5.41, 5.74) is 2.05. The number of hydrogen-bond donors (Lipinski definition) is 3. The van der Waals surface area contributed by atoms with Crippen LogP contribution in [0.4, 0.5) is 5.69 Å². The maximum Gasteiger partial charge on any atom is 0.261 e. The highest BCUT2D eigenvalue weighted by atomic mass is 28.3. The fourth-order valence-corrected chi connectivity index (χ4v) is 5.54. The Morgan fingerprint density at radius 2 is 1.77 bits per heavy atom. The fraction of sp³-hybridized carbons (Fsp3) is 0.360. The summed E-state index contributed by atoms with van der Waals surface area (Å²) in [5, 5.41) is 15.2. The van der Waals surface area contributed by atoms with Crippen LogP contribution in [0.15, 0.2) is 47.4 Å². The molecule has 0 fully saturated rings. The Morgan fingerprint density at radius 1 is 1.13 bits per heavy atom. The molecule has 0 unspecified atom stereocenters. The third-order valence-corrected chi connectivity index (χ3v) is 11.0. The van der Waals surface area contributed by atoms with E-state index >= 15 is 0 Å². The molecule has 1 amide bonds. The molecule has 5 nitrogen and oxygen atoms in total. The van der Waals surface area contributed by atoms with E-state index in [0.29, 0.717) is 22.1 Å². The first-order valence-electron chi connectivity index (χ1n) is 10.6. The van der Waals surface area contributed by atoms with Gasteiger partial charge in [-0.3, -0.25) is 9.59 Å². The highest BCUT2D eigenvalue weighted by Crippen LogP contribution is 2.34. The van der Waals surface area contributed by atoms with Crippen LogP contribution >= 0.6 is 0 Å². The molecule has 0 aliphatic rings. The molecular formula is C25H32N2O3Si. The normalized spacial score (nSPS) is 12.4. The van der Waals surface area contributed by atoms with Crippen LogP contribution in [0.3, 0.4) is 0 Å². The number of carbonyl (C=O) groups excluding carboxylic acids is 1. The highest BCUT2D eigenvalue weighted by Gasteiger charge is 2.33. The molecule has 1 heterocycles. The van der Waals surface area contributed by atoms with Gasteiger partial charge in [0, 0.05) is 28.9 Å². The molecule has 3 N–H and O–H groups in total. The topological polar surface area (TPSA) is 82.2 Å². The van der Waals surface area contributed by atoms with E-state index < -0.39 is 14.0 Å². The summed E-state index contributed by atoms with van der Waals surface area (Å²) in [6, 6.07) is 10.8. The van der Waals surface area contributed by atoms with Crippen molar-refractivity contribution in [2.24, 2.45) is 0 Å². The molecule has 3 rings (SSSR count). The minimum Gasteiger partial charge on any atom is -0.508 e. The summed E-state index contributed by atoms with van der Waals surface area (Å²) in [4.78, 5) is 28.9. The van der Waals surface area contributed by atoms with Crippen LogP contribution in [-0.4, -0.2) is 24.1 Å². The number of H-pyrrole nitrogens is 1. The van der Waals surface area contributed by atoms with Gasteiger partial charge < -0.3 is 15.4 Å². The number of phenols is 1. The van der Waals surface area contributed by atoms with Gasteiger partial charge in [0.05, 0.1) is 8.07 Å². The second-order valence-electron chi connectivity index (χ2n) is 10.1. The molecule has 6 heteroatoms. The number of anilines is 1. The number of rotatable bonds is 4. The molecule has 1 aromatic heterocycles. The maximum atomic E-state index is 13.1. The van der Waals surface area contributed by atoms with Gasteiger partial charge in [-0.15, -0.1) is 0 Å². The molecule has 0 aliphatic heterocycles. The lowest BCUT2D eigenvalue weighted by atomic mass is 9.85. The van der Waals surface area contributed by atoms with E-state index in [0.717, 1.165) is 10.8 Å². The Balaban J connectivity index is 2.09. The number of hydrogen-bond acceptors (Lipinski definition) is 3.